The fourth-order valence-corrected chi connectivity index (χ4v) is 5.22. The van der Waals surface area contributed by atoms with E-state index in [1.54, 1.807) is 0 Å². The average Bonchev–Trinajstić information content (AvgIpc) is 3.25. The lowest BCUT2D eigenvalue weighted by atomic mass is 10.0. The molecule has 1 amide bonds. The monoisotopic (exact) mass is 563 g/mol. The van der Waals surface area contributed by atoms with E-state index in [9.17, 15) is 26.4 Å². The van der Waals surface area contributed by atoms with Gasteiger partial charge in [0.1, 0.15) is 23.1 Å². The number of thiazole rings is 1. The van der Waals surface area contributed by atoms with E-state index >= 15 is 8.78 Å². The maximum atomic E-state index is 15.1. The number of carbonyl (C=O) groups excluding carboxylic acids is 1. The number of sulfonamides is 1. The van der Waals surface area contributed by atoms with Gasteiger partial charge in [-0.25, -0.2) is 40.1 Å². The third-order valence-corrected chi connectivity index (χ3v) is 7.10. The molecule has 0 spiro atoms. The summed E-state index contributed by atoms with van der Waals surface area (Å²) >= 11 is 0.934. The number of hydrogen-bond acceptors (Lipinski definition) is 7. The van der Waals surface area contributed by atoms with Gasteiger partial charge in [0.05, 0.1) is 11.6 Å². The van der Waals surface area contributed by atoms with E-state index in [1.807, 2.05) is 0 Å². The molecule has 0 bridgehead atoms. The largest absolute Gasteiger partial charge is 0.443 e. The molecule has 1 N–H and O–H groups in total. The normalized spacial score (nSPS) is 12.9. The molecule has 3 rings (SSSR count). The molecule has 1 aromatic heterocycles. The van der Waals surface area contributed by atoms with Gasteiger partial charge in [-0.1, -0.05) is 6.07 Å². The Morgan fingerprint density at radius 3 is 2.22 bits per heavy atom. The summed E-state index contributed by atoms with van der Waals surface area (Å²) in [7, 11) is -5.19. The number of amides is 1. The zero-order valence-corrected chi connectivity index (χ0v) is 21.6. The summed E-state index contributed by atoms with van der Waals surface area (Å²) in [4.78, 5) is 15.0. The van der Waals surface area contributed by atoms with Crippen molar-refractivity contribution in [3.8, 4) is 0 Å². The zero-order chi connectivity index (χ0) is 27.7. The number of nitrogens with one attached hydrogen (secondary N) is 1. The van der Waals surface area contributed by atoms with E-state index in [0.29, 0.717) is 12.1 Å². The Morgan fingerprint density at radius 2 is 1.70 bits per heavy atom. The van der Waals surface area contributed by atoms with Gasteiger partial charge in [-0.05, 0) is 52.0 Å². The van der Waals surface area contributed by atoms with Crippen LogP contribution in [0.25, 0.3) is 0 Å². The first-order valence-electron chi connectivity index (χ1n) is 10.6. The number of halogens is 5. The minimum Gasteiger partial charge on any atom is -0.443 e. The molecule has 7 nitrogen and oxygen atoms in total. The Labute approximate surface area is 213 Å². The zero-order valence-electron chi connectivity index (χ0n) is 19.9. The standard InChI is InChI=1S/C23H22F5N3O4S2/c1-12(15-7-13(21(27)28)5-6-16(15)24)30-14-8-17(25)20(18(26)9-14)37(33,34)31(19-10-36-11-29-19)22(32)35-23(2,3)4/h5-12,21,30H,1-4H3/t12-/m0/s1. The molecule has 200 valence electrons. The van der Waals surface area contributed by atoms with Gasteiger partial charge in [0.2, 0.25) is 0 Å². The van der Waals surface area contributed by atoms with Gasteiger partial charge in [0, 0.05) is 22.2 Å². The summed E-state index contributed by atoms with van der Waals surface area (Å²) in [5.41, 5.74) is -0.881. The van der Waals surface area contributed by atoms with Crippen LogP contribution >= 0.6 is 11.3 Å². The van der Waals surface area contributed by atoms with Crippen LogP contribution in [0, 0.1) is 17.5 Å². The number of anilines is 2. The maximum Gasteiger partial charge on any atom is 0.430 e. The second-order valence-electron chi connectivity index (χ2n) is 8.81. The van der Waals surface area contributed by atoms with Crippen molar-refractivity contribution in [1.29, 1.82) is 0 Å². The summed E-state index contributed by atoms with van der Waals surface area (Å²) in [6.07, 6.45) is -4.29. The number of carbonyl (C=O) groups is 1. The fraction of sp³-hybridized carbons (Fsp3) is 0.304. The number of nitrogens with zero attached hydrogens (tertiary/aromatic N) is 2. The van der Waals surface area contributed by atoms with E-state index in [0.717, 1.165) is 29.5 Å². The van der Waals surface area contributed by atoms with Crippen molar-refractivity contribution >= 4 is 39.0 Å². The van der Waals surface area contributed by atoms with Crippen molar-refractivity contribution in [2.24, 2.45) is 0 Å². The summed E-state index contributed by atoms with van der Waals surface area (Å²) in [5.74, 6) is -4.40. The van der Waals surface area contributed by atoms with Gasteiger partial charge in [0.15, 0.2) is 10.7 Å². The molecule has 2 aromatic carbocycles. The van der Waals surface area contributed by atoms with Gasteiger partial charge in [-0.2, -0.15) is 0 Å². The molecule has 3 aromatic rings. The smallest absolute Gasteiger partial charge is 0.430 e. The SMILES string of the molecule is C[C@H](Nc1cc(F)c(S(=O)(=O)N(C(=O)OC(C)(C)C)c2cscn2)c(F)c1)c1cc(C(F)F)ccc1F. The van der Waals surface area contributed by atoms with Crippen LogP contribution in [0.1, 0.15) is 51.3 Å². The topological polar surface area (TPSA) is 88.6 Å². The van der Waals surface area contributed by atoms with E-state index in [4.69, 9.17) is 4.74 Å². The Kier molecular flexibility index (Phi) is 8.12. The minimum absolute atomic E-state index is 0.0528. The molecular formula is C23H22F5N3O4S2. The van der Waals surface area contributed by atoms with E-state index in [2.05, 4.69) is 10.3 Å². The Morgan fingerprint density at radius 1 is 1.08 bits per heavy atom. The fourth-order valence-electron chi connectivity index (χ4n) is 3.26. The first-order valence-corrected chi connectivity index (χ1v) is 13.0. The maximum absolute atomic E-state index is 15.1. The molecule has 0 saturated heterocycles. The molecule has 0 aliphatic rings. The van der Waals surface area contributed by atoms with Gasteiger partial charge >= 0.3 is 6.09 Å². The summed E-state index contributed by atoms with van der Waals surface area (Å²) in [6.45, 7) is 5.78. The van der Waals surface area contributed by atoms with Crippen LogP contribution in [0.4, 0.5) is 38.3 Å². The van der Waals surface area contributed by atoms with Crippen LogP contribution in [0.3, 0.4) is 0 Å². The molecular weight excluding hydrogens is 541 g/mol. The molecule has 0 aliphatic carbocycles. The molecule has 0 aliphatic heterocycles. The van der Waals surface area contributed by atoms with E-state index in [-0.39, 0.29) is 15.6 Å². The van der Waals surface area contributed by atoms with E-state index < -0.39 is 67.9 Å². The van der Waals surface area contributed by atoms with Crippen LogP contribution in [-0.4, -0.2) is 25.1 Å². The molecule has 1 heterocycles. The summed E-state index contributed by atoms with van der Waals surface area (Å²) < 4.78 is 102. The average molecular weight is 564 g/mol. The quantitative estimate of drug-likeness (QED) is 0.318. The Bertz CT molecular complexity index is 1370. The summed E-state index contributed by atoms with van der Waals surface area (Å²) in [6, 6.07) is 2.87. The predicted octanol–water partition coefficient (Wildman–Crippen LogP) is 6.80. The van der Waals surface area contributed by atoms with Crippen LogP contribution in [0.2, 0.25) is 0 Å². The Balaban J connectivity index is 1.99. The number of benzene rings is 2. The Hall–Kier alpha value is -3.26. The molecule has 14 heteroatoms. The lowest BCUT2D eigenvalue weighted by Crippen LogP contribution is -2.41. The molecule has 1 atom stereocenters. The minimum atomic E-state index is -5.19. The molecule has 0 fully saturated rings. The highest BCUT2D eigenvalue weighted by Crippen LogP contribution is 2.32. The number of aromatic nitrogens is 1. The number of alkyl halides is 2. The number of rotatable bonds is 7. The second-order valence-corrected chi connectivity index (χ2v) is 11.3. The lowest BCUT2D eigenvalue weighted by molar-refractivity contribution is 0.0608. The van der Waals surface area contributed by atoms with Crippen molar-refractivity contribution < 1.29 is 39.9 Å². The highest BCUT2D eigenvalue weighted by atomic mass is 32.2. The molecule has 0 unspecified atom stereocenters. The summed E-state index contributed by atoms with van der Waals surface area (Å²) in [5, 5.41) is 3.74. The van der Waals surface area contributed by atoms with Gasteiger partial charge < -0.3 is 10.1 Å². The van der Waals surface area contributed by atoms with E-state index in [1.165, 1.54) is 38.6 Å². The van der Waals surface area contributed by atoms with Crippen molar-refractivity contribution in [2.75, 3.05) is 9.62 Å². The molecule has 0 saturated carbocycles. The predicted molar refractivity (Wildman–Crippen MR) is 128 cm³/mol. The van der Waals surface area contributed by atoms with Crippen molar-refractivity contribution in [2.45, 2.75) is 50.7 Å². The first kappa shape index (κ1) is 28.3. The van der Waals surface area contributed by atoms with Crippen molar-refractivity contribution in [1.82, 2.24) is 4.98 Å². The molecule has 0 radical (unpaired) electrons. The molecule has 37 heavy (non-hydrogen) atoms. The number of ether oxygens (including phenoxy) is 1. The van der Waals surface area contributed by atoms with Gasteiger partial charge in [-0.15, -0.1) is 15.6 Å². The van der Waals surface area contributed by atoms with Crippen molar-refractivity contribution in [3.05, 3.63) is 69.8 Å². The van der Waals surface area contributed by atoms with Crippen LogP contribution < -0.4 is 9.62 Å². The van der Waals surface area contributed by atoms with Crippen LogP contribution in [-0.2, 0) is 14.8 Å². The second kappa shape index (κ2) is 10.6. The van der Waals surface area contributed by atoms with Crippen molar-refractivity contribution in [3.63, 3.8) is 0 Å². The third kappa shape index (κ3) is 6.36. The highest BCUT2D eigenvalue weighted by molar-refractivity contribution is 7.93. The first-order chi connectivity index (χ1) is 17.1. The highest BCUT2D eigenvalue weighted by Gasteiger charge is 2.39. The van der Waals surface area contributed by atoms with Gasteiger partial charge in [-0.3, -0.25) is 0 Å². The van der Waals surface area contributed by atoms with Crippen LogP contribution in [0.15, 0.2) is 46.1 Å². The lowest BCUT2D eigenvalue weighted by Gasteiger charge is -2.26. The van der Waals surface area contributed by atoms with Gasteiger partial charge in [0.25, 0.3) is 16.4 Å². The number of hydrogen-bond donors (Lipinski definition) is 1. The third-order valence-electron chi connectivity index (χ3n) is 4.80. The van der Waals surface area contributed by atoms with Crippen LogP contribution in [0.5, 0.6) is 0 Å².